The first-order chi connectivity index (χ1) is 6.33. The van der Waals surface area contributed by atoms with Gasteiger partial charge in [0.15, 0.2) is 0 Å². The standard InChI is InChI=1S/C11H12ClN/c12-9-3-4-10-8(5-9)6-11(13-10)7-1-2-7/h3-5,7,11,13H,1-2,6H2. The van der Waals surface area contributed by atoms with Crippen LogP contribution in [0.25, 0.3) is 0 Å². The average Bonchev–Trinajstić information content (AvgIpc) is 2.87. The van der Waals surface area contributed by atoms with Crippen LogP contribution in [0.3, 0.4) is 0 Å². The summed E-state index contributed by atoms with van der Waals surface area (Å²) < 4.78 is 0. The molecule has 0 amide bonds. The van der Waals surface area contributed by atoms with E-state index in [1.807, 2.05) is 6.07 Å². The molecule has 1 nitrogen and oxygen atoms in total. The number of nitrogens with one attached hydrogen (secondary N) is 1. The highest BCUT2D eigenvalue weighted by Gasteiger charge is 2.34. The van der Waals surface area contributed by atoms with Gasteiger partial charge in [0.05, 0.1) is 0 Å². The van der Waals surface area contributed by atoms with Crippen molar-refractivity contribution in [1.82, 2.24) is 0 Å². The van der Waals surface area contributed by atoms with Gasteiger partial charge in [-0.2, -0.15) is 0 Å². The largest absolute Gasteiger partial charge is 0.381 e. The maximum atomic E-state index is 5.94. The lowest BCUT2D eigenvalue weighted by molar-refractivity contribution is 0.660. The maximum Gasteiger partial charge on any atom is 0.0410 e. The van der Waals surface area contributed by atoms with Gasteiger partial charge in [-0.15, -0.1) is 0 Å². The first kappa shape index (κ1) is 7.69. The van der Waals surface area contributed by atoms with Crippen LogP contribution in [-0.2, 0) is 6.42 Å². The molecule has 2 heteroatoms. The number of hydrogen-bond donors (Lipinski definition) is 1. The number of halogens is 1. The summed E-state index contributed by atoms with van der Waals surface area (Å²) in [5, 5.41) is 4.42. The van der Waals surface area contributed by atoms with Crippen LogP contribution in [0.2, 0.25) is 5.02 Å². The molecule has 1 atom stereocenters. The molecule has 1 aliphatic heterocycles. The fourth-order valence-electron chi connectivity index (χ4n) is 2.14. The van der Waals surface area contributed by atoms with E-state index in [2.05, 4.69) is 17.4 Å². The molecule has 1 aromatic carbocycles. The summed E-state index contributed by atoms with van der Waals surface area (Å²) in [4.78, 5) is 0. The molecule has 3 rings (SSSR count). The number of anilines is 1. The molecule has 0 spiro atoms. The fourth-order valence-corrected chi connectivity index (χ4v) is 2.34. The Morgan fingerprint density at radius 2 is 2.15 bits per heavy atom. The zero-order chi connectivity index (χ0) is 8.84. The molecule has 0 saturated heterocycles. The van der Waals surface area contributed by atoms with Gasteiger partial charge in [-0.25, -0.2) is 0 Å². The lowest BCUT2D eigenvalue weighted by atomic mass is 10.1. The molecule has 1 N–H and O–H groups in total. The second kappa shape index (κ2) is 2.65. The molecule has 0 bridgehead atoms. The quantitative estimate of drug-likeness (QED) is 0.723. The van der Waals surface area contributed by atoms with E-state index in [1.54, 1.807) is 0 Å². The van der Waals surface area contributed by atoms with Crippen molar-refractivity contribution in [1.29, 1.82) is 0 Å². The van der Waals surface area contributed by atoms with Crippen LogP contribution in [0.5, 0.6) is 0 Å². The van der Waals surface area contributed by atoms with Gasteiger partial charge < -0.3 is 5.32 Å². The molecule has 1 saturated carbocycles. The van der Waals surface area contributed by atoms with Crippen molar-refractivity contribution in [2.45, 2.75) is 25.3 Å². The van der Waals surface area contributed by atoms with Gasteiger partial charge in [0.2, 0.25) is 0 Å². The van der Waals surface area contributed by atoms with Crippen LogP contribution < -0.4 is 5.32 Å². The van der Waals surface area contributed by atoms with Crippen molar-refractivity contribution in [3.05, 3.63) is 28.8 Å². The maximum absolute atomic E-state index is 5.94. The highest BCUT2D eigenvalue weighted by molar-refractivity contribution is 6.30. The van der Waals surface area contributed by atoms with Crippen molar-refractivity contribution in [3.8, 4) is 0 Å². The normalized spacial score (nSPS) is 25.5. The summed E-state index contributed by atoms with van der Waals surface area (Å²) >= 11 is 5.94. The Labute approximate surface area is 83.1 Å². The van der Waals surface area contributed by atoms with Crippen LogP contribution in [-0.4, -0.2) is 6.04 Å². The van der Waals surface area contributed by atoms with E-state index in [9.17, 15) is 0 Å². The Morgan fingerprint density at radius 1 is 1.31 bits per heavy atom. The summed E-state index contributed by atoms with van der Waals surface area (Å²) in [6, 6.07) is 6.84. The highest BCUT2D eigenvalue weighted by Crippen LogP contribution is 2.40. The molecular weight excluding hydrogens is 182 g/mol. The minimum Gasteiger partial charge on any atom is -0.381 e. The van der Waals surface area contributed by atoms with Crippen LogP contribution in [0.4, 0.5) is 5.69 Å². The van der Waals surface area contributed by atoms with E-state index >= 15 is 0 Å². The molecule has 1 fully saturated rings. The van der Waals surface area contributed by atoms with Gasteiger partial charge in [0.1, 0.15) is 0 Å². The van der Waals surface area contributed by atoms with Crippen molar-refractivity contribution < 1.29 is 0 Å². The van der Waals surface area contributed by atoms with E-state index < -0.39 is 0 Å². The summed E-state index contributed by atoms with van der Waals surface area (Å²) in [7, 11) is 0. The predicted octanol–water partition coefficient (Wildman–Crippen LogP) is 3.09. The topological polar surface area (TPSA) is 12.0 Å². The van der Waals surface area contributed by atoms with Crippen LogP contribution in [0, 0.1) is 5.92 Å². The first-order valence-corrected chi connectivity index (χ1v) is 5.26. The summed E-state index contributed by atoms with van der Waals surface area (Å²) in [5.41, 5.74) is 2.69. The van der Waals surface area contributed by atoms with E-state index in [-0.39, 0.29) is 0 Å². The first-order valence-electron chi connectivity index (χ1n) is 4.88. The molecule has 1 heterocycles. The van der Waals surface area contributed by atoms with Gasteiger partial charge in [-0.1, -0.05) is 11.6 Å². The number of fused-ring (bicyclic) bond motifs is 1. The van der Waals surface area contributed by atoms with E-state index in [4.69, 9.17) is 11.6 Å². The highest BCUT2D eigenvalue weighted by atomic mass is 35.5. The second-order valence-corrected chi connectivity index (χ2v) is 4.53. The molecule has 13 heavy (non-hydrogen) atoms. The van der Waals surface area contributed by atoms with Crippen molar-refractivity contribution in [3.63, 3.8) is 0 Å². The zero-order valence-electron chi connectivity index (χ0n) is 7.39. The monoisotopic (exact) mass is 193 g/mol. The number of benzene rings is 1. The number of rotatable bonds is 1. The molecule has 1 aromatic rings. The third-order valence-electron chi connectivity index (χ3n) is 3.04. The lowest BCUT2D eigenvalue weighted by Crippen LogP contribution is -2.17. The van der Waals surface area contributed by atoms with Crippen molar-refractivity contribution in [2.75, 3.05) is 5.32 Å². The summed E-state index contributed by atoms with van der Waals surface area (Å²) in [6.07, 6.45) is 3.97. The third kappa shape index (κ3) is 1.31. The van der Waals surface area contributed by atoms with Gasteiger partial charge >= 0.3 is 0 Å². The van der Waals surface area contributed by atoms with Crippen LogP contribution in [0.15, 0.2) is 18.2 Å². The van der Waals surface area contributed by atoms with E-state index in [0.29, 0.717) is 6.04 Å². The Balaban J connectivity index is 1.90. The van der Waals surface area contributed by atoms with Crippen LogP contribution in [0.1, 0.15) is 18.4 Å². The van der Waals surface area contributed by atoms with Crippen molar-refractivity contribution >= 4 is 17.3 Å². The molecule has 0 radical (unpaired) electrons. The molecule has 0 aromatic heterocycles. The number of hydrogen-bond acceptors (Lipinski definition) is 1. The van der Waals surface area contributed by atoms with Gasteiger partial charge in [-0.05, 0) is 48.9 Å². The molecule has 68 valence electrons. The Morgan fingerprint density at radius 3 is 2.92 bits per heavy atom. The van der Waals surface area contributed by atoms with E-state index in [0.717, 1.165) is 10.9 Å². The molecule has 2 aliphatic rings. The lowest BCUT2D eigenvalue weighted by Gasteiger charge is -2.07. The van der Waals surface area contributed by atoms with Gasteiger partial charge in [-0.3, -0.25) is 0 Å². The molecule has 1 aliphatic carbocycles. The minimum absolute atomic E-state index is 0.688. The van der Waals surface area contributed by atoms with Crippen molar-refractivity contribution in [2.24, 2.45) is 5.92 Å². The third-order valence-corrected chi connectivity index (χ3v) is 3.27. The smallest absolute Gasteiger partial charge is 0.0410 e. The Kier molecular flexibility index (Phi) is 1.57. The molecule has 1 unspecified atom stereocenters. The van der Waals surface area contributed by atoms with Gasteiger partial charge in [0, 0.05) is 16.8 Å². The second-order valence-electron chi connectivity index (χ2n) is 4.09. The van der Waals surface area contributed by atoms with E-state index in [1.165, 1.54) is 30.5 Å². The summed E-state index contributed by atoms with van der Waals surface area (Å²) in [6.45, 7) is 0. The Bertz CT molecular complexity index is 344. The minimum atomic E-state index is 0.688. The zero-order valence-corrected chi connectivity index (χ0v) is 8.14. The van der Waals surface area contributed by atoms with Gasteiger partial charge in [0.25, 0.3) is 0 Å². The predicted molar refractivity (Wildman–Crippen MR) is 55.3 cm³/mol. The Hall–Kier alpha value is -0.690. The van der Waals surface area contributed by atoms with Crippen LogP contribution >= 0.6 is 11.6 Å². The summed E-state index contributed by atoms with van der Waals surface area (Å²) in [5.74, 6) is 0.922. The average molecular weight is 194 g/mol. The molecular formula is C11H12ClN. The fraction of sp³-hybridized carbons (Fsp3) is 0.455. The SMILES string of the molecule is Clc1ccc2c(c1)CC(C1CC1)N2.